The largest absolute Gasteiger partial charge is 0.368 e. The molecule has 5 heteroatoms. The van der Waals surface area contributed by atoms with E-state index in [4.69, 9.17) is 16.3 Å². The summed E-state index contributed by atoms with van der Waals surface area (Å²) in [5, 5.41) is 0.731. The molecule has 1 saturated heterocycles. The molecule has 168 valence electrons. The van der Waals surface area contributed by atoms with E-state index < -0.39 is 0 Å². The Hall–Kier alpha value is -1.88. The number of carbonyl (C=O) groups is 1. The highest BCUT2D eigenvalue weighted by Crippen LogP contribution is 2.24. The summed E-state index contributed by atoms with van der Waals surface area (Å²) in [7, 11) is 0. The number of hydrogen-bond acceptors (Lipinski definition) is 3. The maximum absolute atomic E-state index is 12.6. The Morgan fingerprint density at radius 2 is 1.81 bits per heavy atom. The number of benzene rings is 2. The fourth-order valence-electron chi connectivity index (χ4n) is 4.18. The van der Waals surface area contributed by atoms with Crippen LogP contribution in [0.15, 0.2) is 48.5 Å². The molecule has 3 rings (SSSR count). The second-order valence-corrected chi connectivity index (χ2v) is 9.09. The third kappa shape index (κ3) is 7.06. The van der Waals surface area contributed by atoms with E-state index in [0.717, 1.165) is 56.2 Å². The van der Waals surface area contributed by atoms with Crippen molar-refractivity contribution in [1.82, 2.24) is 9.80 Å². The highest BCUT2D eigenvalue weighted by Gasteiger charge is 2.26. The zero-order valence-corrected chi connectivity index (χ0v) is 19.8. The van der Waals surface area contributed by atoms with Crippen LogP contribution in [0.1, 0.15) is 49.5 Å². The topological polar surface area (TPSA) is 32.8 Å². The first-order valence-corrected chi connectivity index (χ1v) is 11.8. The van der Waals surface area contributed by atoms with Crippen LogP contribution < -0.4 is 0 Å². The molecular formula is C26H35ClN2O2. The summed E-state index contributed by atoms with van der Waals surface area (Å²) >= 11 is 6.10. The summed E-state index contributed by atoms with van der Waals surface area (Å²) in [4.78, 5) is 17.1. The molecule has 1 aliphatic heterocycles. The third-order valence-electron chi connectivity index (χ3n) is 6.03. The van der Waals surface area contributed by atoms with Crippen LogP contribution in [0.3, 0.4) is 0 Å². The van der Waals surface area contributed by atoms with Gasteiger partial charge in [-0.1, -0.05) is 73.8 Å². The predicted molar refractivity (Wildman–Crippen MR) is 127 cm³/mol. The van der Waals surface area contributed by atoms with Gasteiger partial charge in [0.15, 0.2) is 0 Å². The van der Waals surface area contributed by atoms with Gasteiger partial charge in [-0.05, 0) is 36.6 Å². The smallest absolute Gasteiger partial charge is 0.225 e. The second-order valence-electron chi connectivity index (χ2n) is 8.66. The zero-order chi connectivity index (χ0) is 22.2. The van der Waals surface area contributed by atoms with Crippen molar-refractivity contribution >= 4 is 17.5 Å². The minimum Gasteiger partial charge on any atom is -0.368 e. The van der Waals surface area contributed by atoms with Gasteiger partial charge in [0.1, 0.15) is 0 Å². The molecule has 0 aromatic heterocycles. The monoisotopic (exact) mass is 442 g/mol. The number of piperazine rings is 1. The van der Waals surface area contributed by atoms with Gasteiger partial charge in [-0.3, -0.25) is 9.69 Å². The average molecular weight is 443 g/mol. The number of nitrogens with zero attached hydrogens (tertiary/aromatic N) is 2. The average Bonchev–Trinajstić information content (AvgIpc) is 2.77. The fraction of sp³-hybridized carbons (Fsp3) is 0.500. The summed E-state index contributed by atoms with van der Waals surface area (Å²) in [6.07, 6.45) is 1.97. The highest BCUT2D eigenvalue weighted by molar-refractivity contribution is 6.30. The fourth-order valence-corrected chi connectivity index (χ4v) is 4.31. The van der Waals surface area contributed by atoms with E-state index in [2.05, 4.69) is 55.1 Å². The predicted octanol–water partition coefficient (Wildman–Crippen LogP) is 5.49. The van der Waals surface area contributed by atoms with E-state index in [1.807, 2.05) is 24.0 Å². The first kappa shape index (κ1) is 23.8. The molecule has 1 aliphatic rings. The Morgan fingerprint density at radius 3 is 2.45 bits per heavy atom. The minimum absolute atomic E-state index is 0.0426. The molecule has 0 bridgehead atoms. The molecule has 31 heavy (non-hydrogen) atoms. The van der Waals surface area contributed by atoms with Crippen LogP contribution in [-0.4, -0.2) is 48.4 Å². The molecule has 0 unspecified atom stereocenters. The summed E-state index contributed by atoms with van der Waals surface area (Å²) < 4.78 is 6.39. The van der Waals surface area contributed by atoms with Crippen molar-refractivity contribution in [1.29, 1.82) is 0 Å². The lowest BCUT2D eigenvalue weighted by Crippen LogP contribution is -2.50. The van der Waals surface area contributed by atoms with Crippen molar-refractivity contribution in [2.75, 3.05) is 32.7 Å². The number of ether oxygens (including phenoxy) is 1. The molecule has 0 spiro atoms. The van der Waals surface area contributed by atoms with Crippen LogP contribution in [0.4, 0.5) is 0 Å². The van der Waals surface area contributed by atoms with Crippen LogP contribution in [-0.2, 0) is 16.1 Å². The Balaban J connectivity index is 1.61. The van der Waals surface area contributed by atoms with E-state index >= 15 is 0 Å². The van der Waals surface area contributed by atoms with Crippen molar-refractivity contribution < 1.29 is 9.53 Å². The Morgan fingerprint density at radius 1 is 1.10 bits per heavy atom. The molecule has 4 nitrogen and oxygen atoms in total. The van der Waals surface area contributed by atoms with Gasteiger partial charge in [-0.15, -0.1) is 0 Å². The van der Waals surface area contributed by atoms with Crippen molar-refractivity contribution in [3.63, 3.8) is 0 Å². The van der Waals surface area contributed by atoms with Gasteiger partial charge in [0.05, 0.1) is 12.7 Å². The number of halogens is 1. The molecule has 2 aromatic carbocycles. The molecule has 1 heterocycles. The van der Waals surface area contributed by atoms with Crippen molar-refractivity contribution in [3.05, 3.63) is 70.2 Å². The molecule has 2 atom stereocenters. The van der Waals surface area contributed by atoms with E-state index in [-0.39, 0.29) is 12.0 Å². The molecule has 1 fully saturated rings. The van der Waals surface area contributed by atoms with Crippen LogP contribution >= 0.6 is 11.6 Å². The summed E-state index contributed by atoms with van der Waals surface area (Å²) in [5.41, 5.74) is 3.55. The van der Waals surface area contributed by atoms with Gasteiger partial charge in [0.2, 0.25) is 5.91 Å². The number of carbonyl (C=O) groups excluding carboxylic acids is 1. The maximum Gasteiger partial charge on any atom is 0.225 e. The van der Waals surface area contributed by atoms with Crippen molar-refractivity contribution in [2.24, 2.45) is 5.92 Å². The summed E-state index contributed by atoms with van der Waals surface area (Å²) in [5.74, 6) is 0.419. The lowest BCUT2D eigenvalue weighted by molar-refractivity contribution is -0.137. The standard InChI is InChI=1S/C26H35ClN2O2/c1-4-6-21(3)26(30)29-15-13-28(14-16-29)18-25(23-9-11-24(27)12-10-23)31-19-22-8-5-7-20(2)17-22/h5,7-12,17,21,25H,4,6,13-16,18-19H2,1-3H3/t21-,25+/m0/s1. The Labute approximate surface area is 192 Å². The van der Waals surface area contributed by atoms with E-state index in [1.165, 1.54) is 11.1 Å². The molecule has 2 aromatic rings. The van der Waals surface area contributed by atoms with Crippen molar-refractivity contribution in [2.45, 2.75) is 46.3 Å². The first-order chi connectivity index (χ1) is 15.0. The first-order valence-electron chi connectivity index (χ1n) is 11.4. The SMILES string of the molecule is CCC[C@H](C)C(=O)N1CCN(C[C@@H](OCc2cccc(C)c2)c2ccc(Cl)cc2)CC1. The molecular weight excluding hydrogens is 408 g/mol. The van der Waals surface area contributed by atoms with Crippen LogP contribution in [0.25, 0.3) is 0 Å². The lowest BCUT2D eigenvalue weighted by atomic mass is 10.0. The van der Waals surface area contributed by atoms with Gasteiger partial charge in [0.25, 0.3) is 0 Å². The zero-order valence-electron chi connectivity index (χ0n) is 19.0. The van der Waals surface area contributed by atoms with Gasteiger partial charge in [-0.25, -0.2) is 0 Å². The van der Waals surface area contributed by atoms with Crippen LogP contribution in [0.2, 0.25) is 5.02 Å². The van der Waals surface area contributed by atoms with Crippen LogP contribution in [0, 0.1) is 12.8 Å². The minimum atomic E-state index is -0.0426. The van der Waals surface area contributed by atoms with Crippen LogP contribution in [0.5, 0.6) is 0 Å². The van der Waals surface area contributed by atoms with E-state index in [0.29, 0.717) is 12.5 Å². The van der Waals surface area contributed by atoms with E-state index in [9.17, 15) is 4.79 Å². The van der Waals surface area contributed by atoms with E-state index in [1.54, 1.807) is 0 Å². The Kier molecular flexibility index (Phi) is 8.94. The van der Waals surface area contributed by atoms with Gasteiger partial charge < -0.3 is 9.64 Å². The highest BCUT2D eigenvalue weighted by atomic mass is 35.5. The molecule has 0 aliphatic carbocycles. The van der Waals surface area contributed by atoms with Crippen molar-refractivity contribution in [3.8, 4) is 0 Å². The number of rotatable bonds is 9. The molecule has 0 N–H and O–H groups in total. The second kappa shape index (κ2) is 11.7. The third-order valence-corrected chi connectivity index (χ3v) is 6.28. The lowest BCUT2D eigenvalue weighted by Gasteiger charge is -2.37. The van der Waals surface area contributed by atoms with Gasteiger partial charge in [-0.2, -0.15) is 0 Å². The maximum atomic E-state index is 12.6. The molecule has 1 amide bonds. The van der Waals surface area contributed by atoms with Gasteiger partial charge >= 0.3 is 0 Å². The normalized spacial score (nSPS) is 16.8. The van der Waals surface area contributed by atoms with Gasteiger partial charge in [0, 0.05) is 43.7 Å². The summed E-state index contributed by atoms with van der Waals surface area (Å²) in [6, 6.07) is 16.4. The quantitative estimate of drug-likeness (QED) is 0.515. The number of amides is 1. The number of aryl methyl sites for hydroxylation is 1. The molecule has 0 saturated carbocycles. The Bertz CT molecular complexity index is 832. The summed E-state index contributed by atoms with van der Waals surface area (Å²) in [6.45, 7) is 11.0. The number of hydrogen-bond donors (Lipinski definition) is 0. The molecule has 0 radical (unpaired) electrons.